The van der Waals surface area contributed by atoms with Crippen LogP contribution in [0.1, 0.15) is 77.0 Å². The lowest BCUT2D eigenvalue weighted by Gasteiger charge is -2.41. The van der Waals surface area contributed by atoms with Gasteiger partial charge in [-0.15, -0.1) is 0 Å². The fourth-order valence-electron chi connectivity index (χ4n) is 6.00. The average molecular weight is 475 g/mol. The van der Waals surface area contributed by atoms with Gasteiger partial charge < -0.3 is 20.1 Å². The van der Waals surface area contributed by atoms with Gasteiger partial charge in [0.15, 0.2) is 6.29 Å². The number of fused-ring (bicyclic) bond motifs is 1. The zero-order valence-corrected chi connectivity index (χ0v) is 20.8. The van der Waals surface area contributed by atoms with E-state index in [2.05, 4.69) is 27.3 Å². The lowest BCUT2D eigenvalue weighted by atomic mass is 9.86. The largest absolute Gasteiger partial charge is 0.358 e. The van der Waals surface area contributed by atoms with Gasteiger partial charge in [-0.2, -0.15) is 0 Å². The molecule has 4 heterocycles. The van der Waals surface area contributed by atoms with E-state index in [1.165, 1.54) is 5.56 Å². The number of likely N-dealkylation sites (tertiary alicyclic amines) is 2. The van der Waals surface area contributed by atoms with Crippen LogP contribution in [0.15, 0.2) is 18.2 Å². The summed E-state index contributed by atoms with van der Waals surface area (Å²) < 4.78 is 0. The zero-order chi connectivity index (χ0) is 24.7. The Morgan fingerprint density at radius 2 is 1.77 bits per heavy atom. The SMILES string of the molecule is CC(=O)N1CCC(N2CCC(c3ccc4c(c3)/C(=C/c3[nH]c(C)c(C=O)c3C)C(=O)N4)CC2)CC1. The maximum Gasteiger partial charge on any atom is 0.256 e. The first-order valence-electron chi connectivity index (χ1n) is 12.7. The summed E-state index contributed by atoms with van der Waals surface area (Å²) in [4.78, 5) is 43.6. The van der Waals surface area contributed by atoms with E-state index < -0.39 is 0 Å². The van der Waals surface area contributed by atoms with Gasteiger partial charge in [-0.1, -0.05) is 6.07 Å². The second-order valence-electron chi connectivity index (χ2n) is 10.2. The number of piperidine rings is 2. The highest BCUT2D eigenvalue weighted by Gasteiger charge is 2.31. The monoisotopic (exact) mass is 474 g/mol. The Kier molecular flexibility index (Phi) is 6.36. The summed E-state index contributed by atoms with van der Waals surface area (Å²) in [6.07, 6.45) is 7.07. The molecule has 2 amide bonds. The van der Waals surface area contributed by atoms with E-state index in [4.69, 9.17) is 0 Å². The minimum atomic E-state index is -0.108. The standard InChI is InChI=1S/C28H34N4O3/c1-17-25(16-33)18(2)29-27(17)15-24-23-14-21(4-5-26(23)30-28(24)35)20-6-10-32(11-7-20)22-8-12-31(13-9-22)19(3)34/h4-5,14-16,20,22,29H,6-13H2,1-3H3,(H,30,35)/b24-15-. The topological polar surface area (TPSA) is 85.5 Å². The van der Waals surface area contributed by atoms with E-state index in [0.29, 0.717) is 23.1 Å². The summed E-state index contributed by atoms with van der Waals surface area (Å²) in [7, 11) is 0. The first-order valence-corrected chi connectivity index (χ1v) is 12.7. The van der Waals surface area contributed by atoms with E-state index in [0.717, 1.165) is 86.4 Å². The number of hydrogen-bond donors (Lipinski definition) is 2. The molecule has 2 fully saturated rings. The zero-order valence-electron chi connectivity index (χ0n) is 20.8. The Morgan fingerprint density at radius 3 is 2.40 bits per heavy atom. The van der Waals surface area contributed by atoms with Gasteiger partial charge in [0.05, 0.1) is 5.57 Å². The van der Waals surface area contributed by atoms with Crippen LogP contribution in [0.2, 0.25) is 0 Å². The summed E-state index contributed by atoms with van der Waals surface area (Å²) in [6.45, 7) is 9.32. The molecule has 0 atom stereocenters. The van der Waals surface area contributed by atoms with Crippen LogP contribution in [0.3, 0.4) is 0 Å². The van der Waals surface area contributed by atoms with Crippen molar-refractivity contribution in [2.24, 2.45) is 0 Å². The molecule has 3 aliphatic heterocycles. The van der Waals surface area contributed by atoms with Crippen LogP contribution in [0, 0.1) is 13.8 Å². The molecule has 2 N–H and O–H groups in total. The molecular weight excluding hydrogens is 440 g/mol. The van der Waals surface area contributed by atoms with Crippen molar-refractivity contribution in [2.45, 2.75) is 58.4 Å². The molecule has 7 heteroatoms. The summed E-state index contributed by atoms with van der Waals surface area (Å²) >= 11 is 0. The number of nitrogens with one attached hydrogen (secondary N) is 2. The molecule has 3 aliphatic rings. The smallest absolute Gasteiger partial charge is 0.256 e. The van der Waals surface area contributed by atoms with Gasteiger partial charge in [-0.25, -0.2) is 0 Å². The molecule has 35 heavy (non-hydrogen) atoms. The summed E-state index contributed by atoms with van der Waals surface area (Å²) in [5, 5.41) is 2.99. The van der Waals surface area contributed by atoms with E-state index in [1.807, 2.05) is 30.9 Å². The fraction of sp³-hybridized carbons (Fsp3) is 0.464. The first kappa shape index (κ1) is 23.5. The summed E-state index contributed by atoms with van der Waals surface area (Å²) in [5.74, 6) is 0.552. The lowest BCUT2D eigenvalue weighted by Crippen LogP contribution is -2.48. The molecule has 0 bridgehead atoms. The fourth-order valence-corrected chi connectivity index (χ4v) is 6.00. The molecule has 2 aromatic rings. The quantitative estimate of drug-likeness (QED) is 0.516. The van der Waals surface area contributed by atoms with Gasteiger partial charge in [0.1, 0.15) is 0 Å². The van der Waals surface area contributed by atoms with Gasteiger partial charge in [0.25, 0.3) is 5.91 Å². The molecule has 0 unspecified atom stereocenters. The number of nitrogens with zero attached hydrogens (tertiary/aromatic N) is 2. The lowest BCUT2D eigenvalue weighted by molar-refractivity contribution is -0.130. The second kappa shape index (κ2) is 9.46. The third kappa shape index (κ3) is 4.45. The molecule has 1 aromatic carbocycles. The van der Waals surface area contributed by atoms with Gasteiger partial charge in [0.2, 0.25) is 5.91 Å². The number of aryl methyl sites for hydroxylation is 1. The number of anilines is 1. The number of amides is 2. The van der Waals surface area contributed by atoms with Crippen molar-refractivity contribution in [1.82, 2.24) is 14.8 Å². The van der Waals surface area contributed by atoms with Crippen LogP contribution < -0.4 is 5.32 Å². The predicted octanol–water partition coefficient (Wildman–Crippen LogP) is 4.13. The molecule has 5 rings (SSSR count). The van der Waals surface area contributed by atoms with Gasteiger partial charge in [0, 0.05) is 54.3 Å². The average Bonchev–Trinajstić information content (AvgIpc) is 3.32. The second-order valence-corrected chi connectivity index (χ2v) is 10.2. The molecule has 2 saturated heterocycles. The molecule has 0 aliphatic carbocycles. The van der Waals surface area contributed by atoms with Crippen LogP contribution in [-0.2, 0) is 9.59 Å². The number of rotatable bonds is 4. The summed E-state index contributed by atoms with van der Waals surface area (Å²) in [5.41, 5.74) is 6.84. The highest BCUT2D eigenvalue weighted by molar-refractivity contribution is 6.35. The third-order valence-electron chi connectivity index (χ3n) is 8.19. The van der Waals surface area contributed by atoms with Crippen LogP contribution in [0.5, 0.6) is 0 Å². The Morgan fingerprint density at radius 1 is 1.06 bits per heavy atom. The van der Waals surface area contributed by atoms with Gasteiger partial charge >= 0.3 is 0 Å². The first-order chi connectivity index (χ1) is 16.9. The van der Waals surface area contributed by atoms with Crippen LogP contribution in [0.25, 0.3) is 11.6 Å². The van der Waals surface area contributed by atoms with Crippen molar-refractivity contribution in [1.29, 1.82) is 0 Å². The summed E-state index contributed by atoms with van der Waals surface area (Å²) in [6, 6.07) is 6.93. The Hall–Kier alpha value is -3.19. The Bertz CT molecular complexity index is 1200. The number of hydrogen-bond acceptors (Lipinski definition) is 4. The Balaban J connectivity index is 1.30. The number of aldehydes is 1. The number of benzene rings is 1. The highest BCUT2D eigenvalue weighted by Crippen LogP contribution is 2.38. The van der Waals surface area contributed by atoms with Crippen LogP contribution in [-0.4, -0.2) is 65.1 Å². The Labute approximate surface area is 206 Å². The van der Waals surface area contributed by atoms with E-state index in [9.17, 15) is 14.4 Å². The van der Waals surface area contributed by atoms with Gasteiger partial charge in [-0.05, 0) is 87.9 Å². The van der Waals surface area contributed by atoms with E-state index in [-0.39, 0.29) is 11.8 Å². The molecule has 0 spiro atoms. The third-order valence-corrected chi connectivity index (χ3v) is 8.19. The van der Waals surface area contributed by atoms with Crippen molar-refractivity contribution in [3.63, 3.8) is 0 Å². The number of H-pyrrole nitrogens is 1. The van der Waals surface area contributed by atoms with Crippen molar-refractivity contribution in [3.05, 3.63) is 51.8 Å². The maximum atomic E-state index is 12.8. The molecule has 0 radical (unpaired) electrons. The highest BCUT2D eigenvalue weighted by atomic mass is 16.2. The van der Waals surface area contributed by atoms with Gasteiger partial charge in [-0.3, -0.25) is 14.4 Å². The minimum absolute atomic E-state index is 0.108. The van der Waals surface area contributed by atoms with E-state index in [1.54, 1.807) is 6.92 Å². The number of aromatic amines is 1. The molecule has 0 saturated carbocycles. The van der Waals surface area contributed by atoms with Crippen LogP contribution >= 0.6 is 0 Å². The minimum Gasteiger partial charge on any atom is -0.358 e. The number of aromatic nitrogens is 1. The molecular formula is C28H34N4O3. The normalized spacial score (nSPS) is 20.8. The van der Waals surface area contributed by atoms with Crippen molar-refractivity contribution in [2.75, 3.05) is 31.5 Å². The molecule has 184 valence electrons. The van der Waals surface area contributed by atoms with E-state index >= 15 is 0 Å². The number of carbonyl (C=O) groups excluding carboxylic acids is 3. The predicted molar refractivity (Wildman–Crippen MR) is 137 cm³/mol. The maximum absolute atomic E-state index is 12.8. The van der Waals surface area contributed by atoms with Crippen molar-refractivity contribution >= 4 is 35.4 Å². The molecule has 7 nitrogen and oxygen atoms in total. The number of carbonyl (C=O) groups is 3. The van der Waals surface area contributed by atoms with Crippen LogP contribution in [0.4, 0.5) is 5.69 Å². The van der Waals surface area contributed by atoms with Crippen molar-refractivity contribution < 1.29 is 14.4 Å². The van der Waals surface area contributed by atoms with Crippen molar-refractivity contribution in [3.8, 4) is 0 Å². The molecule has 1 aromatic heterocycles.